The van der Waals surface area contributed by atoms with Crippen LogP contribution in [0.3, 0.4) is 0 Å². The topological polar surface area (TPSA) is 72.9 Å². The van der Waals surface area contributed by atoms with Crippen molar-refractivity contribution in [3.05, 3.63) is 66.0 Å². The molecule has 1 aromatic heterocycles. The molecule has 3 aromatic rings. The predicted molar refractivity (Wildman–Crippen MR) is 119 cm³/mol. The third kappa shape index (κ3) is 4.85. The van der Waals surface area contributed by atoms with Crippen LogP contribution in [0.25, 0.3) is 11.0 Å². The Balaban J connectivity index is 0.00000196. The Morgan fingerprint density at radius 3 is 2.25 bits per heavy atom. The number of aromatic nitrogens is 2. The Labute approximate surface area is 178 Å². The van der Waals surface area contributed by atoms with Gasteiger partial charge in [-0.2, -0.15) is 0 Å². The summed E-state index contributed by atoms with van der Waals surface area (Å²) in [5.74, 6) is 0.419. The molecule has 1 heterocycles. The van der Waals surface area contributed by atoms with Crippen molar-refractivity contribution in [3.8, 4) is 0 Å². The van der Waals surface area contributed by atoms with E-state index in [1.807, 2.05) is 55.5 Å². The van der Waals surface area contributed by atoms with Crippen molar-refractivity contribution in [2.45, 2.75) is 38.8 Å². The monoisotopic (exact) mass is 422 g/mol. The maximum atomic E-state index is 12.8. The molecular weight excluding hydrogens is 395 g/mol. The third-order valence-electron chi connectivity index (χ3n) is 4.64. The average Bonchev–Trinajstić information content (AvgIpc) is 3.03. The van der Waals surface area contributed by atoms with E-state index < -0.39 is 0 Å². The third-order valence-corrected chi connectivity index (χ3v) is 4.64. The summed E-state index contributed by atoms with van der Waals surface area (Å²) in [6.45, 7) is 6.48. The minimum absolute atomic E-state index is 0. The van der Waals surface area contributed by atoms with Gasteiger partial charge < -0.3 is 15.6 Å². The minimum Gasteiger partial charge on any atom is -0.346 e. The number of carbonyl (C=O) groups excluding carboxylic acids is 1. The zero-order chi connectivity index (χ0) is 18.7. The number of halogens is 2. The first-order valence-corrected chi connectivity index (χ1v) is 9.05. The van der Waals surface area contributed by atoms with Gasteiger partial charge in [-0.15, -0.1) is 24.8 Å². The van der Waals surface area contributed by atoms with E-state index in [-0.39, 0.29) is 55.3 Å². The quantitative estimate of drug-likeness (QED) is 0.618. The molecule has 0 aliphatic rings. The number of amides is 1. The summed E-state index contributed by atoms with van der Waals surface area (Å²) in [7, 11) is 0. The van der Waals surface area contributed by atoms with Crippen LogP contribution in [0.2, 0.25) is 0 Å². The van der Waals surface area contributed by atoms with E-state index in [9.17, 15) is 4.79 Å². The normalized spacial score (nSPS) is 12.8. The SMILES string of the molecule is CC(NC(=O)C(CN)c1ccccc1)c1nc2ccccc2n1C(C)C.Cl.Cl. The molecule has 3 N–H and O–H groups in total. The van der Waals surface area contributed by atoms with Crippen LogP contribution < -0.4 is 11.1 Å². The van der Waals surface area contributed by atoms with Crippen molar-refractivity contribution in [2.75, 3.05) is 6.54 Å². The van der Waals surface area contributed by atoms with Crippen LogP contribution in [0.1, 0.15) is 50.2 Å². The van der Waals surface area contributed by atoms with Crippen LogP contribution in [0, 0.1) is 0 Å². The summed E-state index contributed by atoms with van der Waals surface area (Å²) in [5.41, 5.74) is 8.83. The van der Waals surface area contributed by atoms with E-state index in [2.05, 4.69) is 29.8 Å². The minimum atomic E-state index is -0.365. The molecule has 0 radical (unpaired) electrons. The summed E-state index contributed by atoms with van der Waals surface area (Å²) in [4.78, 5) is 17.6. The molecule has 0 fully saturated rings. The molecule has 3 rings (SSSR count). The summed E-state index contributed by atoms with van der Waals surface area (Å²) < 4.78 is 2.18. The van der Waals surface area contributed by atoms with Crippen molar-refractivity contribution in [2.24, 2.45) is 5.73 Å². The summed E-state index contributed by atoms with van der Waals surface area (Å²) in [6.07, 6.45) is 0. The van der Waals surface area contributed by atoms with Crippen LogP contribution in [-0.4, -0.2) is 22.0 Å². The lowest BCUT2D eigenvalue weighted by Crippen LogP contribution is -2.36. The number of nitrogens with zero attached hydrogens (tertiary/aromatic N) is 2. The first-order chi connectivity index (χ1) is 12.5. The van der Waals surface area contributed by atoms with Gasteiger partial charge in [0.15, 0.2) is 0 Å². The zero-order valence-corrected chi connectivity index (χ0v) is 18.0. The van der Waals surface area contributed by atoms with Gasteiger partial charge in [0.25, 0.3) is 0 Å². The molecule has 0 spiro atoms. The Morgan fingerprint density at radius 1 is 1.04 bits per heavy atom. The molecule has 2 unspecified atom stereocenters. The van der Waals surface area contributed by atoms with Gasteiger partial charge >= 0.3 is 0 Å². The van der Waals surface area contributed by atoms with Gasteiger partial charge in [-0.1, -0.05) is 42.5 Å². The van der Waals surface area contributed by atoms with Gasteiger partial charge in [0, 0.05) is 12.6 Å². The highest BCUT2D eigenvalue weighted by molar-refractivity contribution is 5.86. The summed E-state index contributed by atoms with van der Waals surface area (Å²) in [6, 6.07) is 17.7. The molecule has 152 valence electrons. The molecule has 0 saturated heterocycles. The summed E-state index contributed by atoms with van der Waals surface area (Å²) >= 11 is 0. The van der Waals surface area contributed by atoms with E-state index in [1.165, 1.54) is 0 Å². The molecule has 0 aliphatic heterocycles. The molecule has 7 heteroatoms. The number of nitrogens with one attached hydrogen (secondary N) is 1. The van der Waals surface area contributed by atoms with Gasteiger partial charge in [0.2, 0.25) is 5.91 Å². The number of hydrogen-bond acceptors (Lipinski definition) is 3. The predicted octanol–water partition coefficient (Wildman–Crippen LogP) is 4.38. The van der Waals surface area contributed by atoms with Crippen LogP contribution >= 0.6 is 24.8 Å². The standard InChI is InChI=1S/C21H26N4O.2ClH/c1-14(2)25-19-12-8-7-11-18(19)24-20(25)15(3)23-21(26)17(13-22)16-9-5-4-6-10-16;;/h4-12,14-15,17H,13,22H2,1-3H3,(H,23,26);2*1H. The second kappa shape index (κ2) is 10.5. The number of benzene rings is 2. The molecule has 28 heavy (non-hydrogen) atoms. The van der Waals surface area contributed by atoms with Crippen molar-refractivity contribution >= 4 is 41.8 Å². The first-order valence-electron chi connectivity index (χ1n) is 9.05. The number of imidazole rings is 1. The second-order valence-corrected chi connectivity index (χ2v) is 6.85. The molecule has 5 nitrogen and oxygen atoms in total. The maximum absolute atomic E-state index is 12.8. The van der Waals surface area contributed by atoms with Crippen LogP contribution in [0.15, 0.2) is 54.6 Å². The summed E-state index contributed by atoms with van der Waals surface area (Å²) in [5, 5.41) is 3.10. The fourth-order valence-corrected chi connectivity index (χ4v) is 3.37. The van der Waals surface area contributed by atoms with Crippen LogP contribution in [-0.2, 0) is 4.79 Å². The van der Waals surface area contributed by atoms with Gasteiger partial charge in [0.05, 0.1) is 23.0 Å². The fourth-order valence-electron chi connectivity index (χ4n) is 3.37. The highest BCUT2D eigenvalue weighted by atomic mass is 35.5. The van der Waals surface area contributed by atoms with Crippen molar-refractivity contribution in [3.63, 3.8) is 0 Å². The second-order valence-electron chi connectivity index (χ2n) is 6.85. The van der Waals surface area contributed by atoms with E-state index in [0.29, 0.717) is 0 Å². The average molecular weight is 423 g/mol. The Morgan fingerprint density at radius 2 is 1.64 bits per heavy atom. The smallest absolute Gasteiger partial charge is 0.229 e. The fraction of sp³-hybridized carbons (Fsp3) is 0.333. The molecule has 2 aromatic carbocycles. The number of hydrogen-bond donors (Lipinski definition) is 2. The largest absolute Gasteiger partial charge is 0.346 e. The molecule has 0 bridgehead atoms. The lowest BCUT2D eigenvalue weighted by molar-refractivity contribution is -0.123. The maximum Gasteiger partial charge on any atom is 0.229 e. The zero-order valence-electron chi connectivity index (χ0n) is 16.3. The van der Waals surface area contributed by atoms with Gasteiger partial charge in [-0.3, -0.25) is 4.79 Å². The number of nitrogens with two attached hydrogens (primary N) is 1. The molecule has 0 saturated carbocycles. The molecule has 0 aliphatic carbocycles. The number of para-hydroxylation sites is 2. The van der Waals surface area contributed by atoms with E-state index in [0.717, 1.165) is 22.4 Å². The van der Waals surface area contributed by atoms with Crippen molar-refractivity contribution in [1.29, 1.82) is 0 Å². The van der Waals surface area contributed by atoms with E-state index >= 15 is 0 Å². The van der Waals surface area contributed by atoms with E-state index in [1.54, 1.807) is 0 Å². The Kier molecular flexibility index (Phi) is 8.95. The Hall–Kier alpha value is -2.08. The lowest BCUT2D eigenvalue weighted by atomic mass is 9.98. The Bertz CT molecular complexity index is 896. The number of fused-ring (bicyclic) bond motifs is 1. The highest BCUT2D eigenvalue weighted by Gasteiger charge is 2.24. The van der Waals surface area contributed by atoms with Gasteiger partial charge in [-0.05, 0) is 38.5 Å². The van der Waals surface area contributed by atoms with Gasteiger partial charge in [0.1, 0.15) is 5.82 Å². The molecule has 2 atom stereocenters. The van der Waals surface area contributed by atoms with Crippen molar-refractivity contribution < 1.29 is 4.79 Å². The van der Waals surface area contributed by atoms with E-state index in [4.69, 9.17) is 10.7 Å². The number of rotatable bonds is 6. The van der Waals surface area contributed by atoms with Crippen LogP contribution in [0.4, 0.5) is 0 Å². The highest BCUT2D eigenvalue weighted by Crippen LogP contribution is 2.25. The molecular formula is C21H28Cl2N4O. The van der Waals surface area contributed by atoms with Crippen LogP contribution in [0.5, 0.6) is 0 Å². The first kappa shape index (κ1) is 24.0. The lowest BCUT2D eigenvalue weighted by Gasteiger charge is -2.21. The van der Waals surface area contributed by atoms with Gasteiger partial charge in [-0.25, -0.2) is 4.98 Å². The molecule has 1 amide bonds. The van der Waals surface area contributed by atoms with Crippen molar-refractivity contribution in [1.82, 2.24) is 14.9 Å². The number of carbonyl (C=O) groups is 1.